The molecule has 0 heterocycles. The van der Waals surface area contributed by atoms with Crippen LogP contribution in [0, 0.1) is 0 Å². The Morgan fingerprint density at radius 1 is 0.719 bits per heavy atom. The molecule has 2 aromatic rings. The molecular weight excluding hydrogens is 600 g/mol. The van der Waals surface area contributed by atoms with Crippen molar-refractivity contribution in [2.45, 2.75) is 24.3 Å². The first kappa shape index (κ1) is 29.3. The molecule has 0 amide bonds. The van der Waals surface area contributed by atoms with E-state index in [1.54, 1.807) is 0 Å². The fraction of sp³-hybridized carbons (Fsp3) is 0.333. The van der Waals surface area contributed by atoms with E-state index < -0.39 is 32.2 Å². The van der Waals surface area contributed by atoms with Crippen LogP contribution in [0.5, 0.6) is 11.5 Å². The fourth-order valence-electron chi connectivity index (χ4n) is 2.01. The maximum absolute atomic E-state index is 12.0. The van der Waals surface area contributed by atoms with Crippen LogP contribution in [0.1, 0.15) is 11.1 Å². The van der Waals surface area contributed by atoms with Crippen molar-refractivity contribution >= 4 is 62.3 Å². The largest absolute Gasteiger partial charge is 0.484 e. The van der Waals surface area contributed by atoms with Gasteiger partial charge in [0.15, 0.2) is 13.2 Å². The summed E-state index contributed by atoms with van der Waals surface area (Å²) in [7, 11) is 0. The Morgan fingerprint density at radius 2 is 1.09 bits per heavy atom. The average Bonchev–Trinajstić information content (AvgIpc) is 2.69. The fourth-order valence-corrected chi connectivity index (χ4v) is 3.52. The van der Waals surface area contributed by atoms with Crippen LogP contribution in [0.3, 0.4) is 0 Å². The number of halogens is 11. The van der Waals surface area contributed by atoms with Crippen LogP contribution in [-0.4, -0.2) is 30.7 Å². The van der Waals surface area contributed by atoms with Crippen LogP contribution in [0.15, 0.2) is 24.3 Å². The second-order valence-electron chi connectivity index (χ2n) is 5.78. The van der Waals surface area contributed by atoms with Crippen LogP contribution in [0.25, 0.3) is 0 Å². The Morgan fingerprint density at radius 3 is 1.44 bits per heavy atom. The zero-order valence-electron chi connectivity index (χ0n) is 15.6. The van der Waals surface area contributed by atoms with Crippen molar-refractivity contribution in [3.05, 3.63) is 55.5 Å². The number of hydrogen-bond acceptors (Lipinski definition) is 3. The molecule has 0 aliphatic carbocycles. The summed E-state index contributed by atoms with van der Waals surface area (Å²) >= 11 is 26.0. The lowest BCUT2D eigenvalue weighted by Gasteiger charge is -2.13. The van der Waals surface area contributed by atoms with Crippen LogP contribution in [0.4, 0.5) is 26.3 Å². The van der Waals surface area contributed by atoms with Crippen LogP contribution >= 0.6 is 62.3 Å². The zero-order valence-corrected chi connectivity index (χ0v) is 20.2. The Balaban J connectivity index is 0.000000320. The first-order valence-corrected chi connectivity index (χ1v) is 10.8. The molecule has 2 aromatic carbocycles. The van der Waals surface area contributed by atoms with Gasteiger partial charge in [0.1, 0.15) is 11.5 Å². The smallest absolute Gasteiger partial charge is 0.422 e. The first-order chi connectivity index (χ1) is 14.7. The second-order valence-corrected chi connectivity index (χ2v) is 7.91. The van der Waals surface area contributed by atoms with Gasteiger partial charge in [-0.1, -0.05) is 62.3 Å². The molecule has 0 atom stereocenters. The number of hydrogen-bond donors (Lipinski definition) is 1. The predicted molar refractivity (Wildman–Crippen MR) is 115 cm³/mol. The summed E-state index contributed by atoms with van der Waals surface area (Å²) in [6.07, 6.45) is -8.82. The normalized spacial score (nSPS) is 11.6. The van der Waals surface area contributed by atoms with E-state index >= 15 is 0 Å². The van der Waals surface area contributed by atoms with Crippen LogP contribution in [-0.2, 0) is 11.9 Å². The second kappa shape index (κ2) is 12.6. The highest BCUT2D eigenvalue weighted by Crippen LogP contribution is 2.35. The molecule has 0 bridgehead atoms. The van der Waals surface area contributed by atoms with Gasteiger partial charge in [-0.2, -0.15) is 26.3 Å². The molecule has 0 saturated carbocycles. The third-order valence-corrected chi connectivity index (χ3v) is 5.63. The number of ether oxygens (including phenoxy) is 2. The number of benzene rings is 2. The predicted octanol–water partition coefficient (Wildman–Crippen LogP) is 8.26. The summed E-state index contributed by atoms with van der Waals surface area (Å²) in [6.45, 7) is -3.35. The van der Waals surface area contributed by atoms with Gasteiger partial charge in [0, 0.05) is 16.5 Å². The molecular formula is C18H13BrCl4F6O3. The third kappa shape index (κ3) is 9.61. The first-order valence-electron chi connectivity index (χ1n) is 8.19. The minimum Gasteiger partial charge on any atom is -0.484 e. The SMILES string of the molecule is FC(F)(F)COc1ccc(Cl)c(Cl)c1CBr.OCc1c(OCC(F)(F)F)ccc(Cl)c1Cl. The summed E-state index contributed by atoms with van der Waals surface area (Å²) in [5.74, 6) is -0.0576. The van der Waals surface area contributed by atoms with Crippen molar-refractivity contribution in [2.24, 2.45) is 0 Å². The monoisotopic (exact) mass is 610 g/mol. The maximum atomic E-state index is 12.0. The highest BCUT2D eigenvalue weighted by atomic mass is 79.9. The zero-order chi connectivity index (χ0) is 24.7. The van der Waals surface area contributed by atoms with Gasteiger partial charge in [-0.05, 0) is 24.3 Å². The van der Waals surface area contributed by atoms with E-state index in [-0.39, 0.29) is 42.5 Å². The third-order valence-electron chi connectivity index (χ3n) is 3.38. The molecule has 2 rings (SSSR count). The lowest BCUT2D eigenvalue weighted by atomic mass is 10.2. The van der Waals surface area contributed by atoms with E-state index in [4.69, 9.17) is 51.5 Å². The van der Waals surface area contributed by atoms with E-state index in [0.29, 0.717) is 5.56 Å². The van der Waals surface area contributed by atoms with Gasteiger partial charge in [-0.15, -0.1) is 0 Å². The van der Waals surface area contributed by atoms with Gasteiger partial charge in [0.2, 0.25) is 0 Å². The van der Waals surface area contributed by atoms with E-state index in [1.165, 1.54) is 24.3 Å². The standard InChI is InChI=1S/C9H6BrCl2F3O.C9H7Cl2F3O2/c10-3-5-7(16-4-9(13,14)15)2-1-6(11)8(5)12;10-6-1-2-7(5(3-15)8(6)11)16-4-9(12,13)14/h1-2H,3-4H2;1-2,15H,3-4H2. The number of aliphatic hydroxyl groups is 1. The minimum atomic E-state index is -4.45. The van der Waals surface area contributed by atoms with Gasteiger partial charge in [0.25, 0.3) is 0 Å². The van der Waals surface area contributed by atoms with Crippen molar-refractivity contribution < 1.29 is 40.9 Å². The molecule has 0 unspecified atom stereocenters. The Hall–Kier alpha value is -0.780. The molecule has 0 radical (unpaired) electrons. The summed E-state index contributed by atoms with van der Waals surface area (Å²) in [4.78, 5) is 0. The lowest BCUT2D eigenvalue weighted by molar-refractivity contribution is -0.154. The Bertz CT molecular complexity index is 836. The quantitative estimate of drug-likeness (QED) is 0.264. The van der Waals surface area contributed by atoms with E-state index in [1.807, 2.05) is 0 Å². The summed E-state index contributed by atoms with van der Waals surface area (Å²) < 4.78 is 80.7. The molecule has 3 nitrogen and oxygen atoms in total. The molecule has 0 aliphatic heterocycles. The van der Waals surface area contributed by atoms with Gasteiger partial charge in [-0.25, -0.2) is 0 Å². The molecule has 0 spiro atoms. The Kier molecular flexibility index (Phi) is 11.5. The number of aliphatic hydroxyl groups excluding tert-OH is 1. The maximum Gasteiger partial charge on any atom is 0.422 e. The summed E-state index contributed by atoms with van der Waals surface area (Å²) in [6, 6.07) is 5.28. The highest BCUT2D eigenvalue weighted by Gasteiger charge is 2.30. The van der Waals surface area contributed by atoms with Gasteiger partial charge >= 0.3 is 12.4 Å². The van der Waals surface area contributed by atoms with Crippen molar-refractivity contribution in [2.75, 3.05) is 13.2 Å². The van der Waals surface area contributed by atoms with Crippen molar-refractivity contribution in [3.8, 4) is 11.5 Å². The molecule has 32 heavy (non-hydrogen) atoms. The van der Waals surface area contributed by atoms with E-state index in [0.717, 1.165) is 0 Å². The highest BCUT2D eigenvalue weighted by molar-refractivity contribution is 9.08. The van der Waals surface area contributed by atoms with Gasteiger partial charge in [0.05, 0.1) is 26.7 Å². The van der Waals surface area contributed by atoms with Crippen LogP contribution in [0.2, 0.25) is 20.1 Å². The lowest BCUT2D eigenvalue weighted by Crippen LogP contribution is -2.19. The molecule has 1 N–H and O–H groups in total. The van der Waals surface area contributed by atoms with Crippen molar-refractivity contribution in [1.82, 2.24) is 0 Å². The molecule has 14 heteroatoms. The van der Waals surface area contributed by atoms with Crippen molar-refractivity contribution in [3.63, 3.8) is 0 Å². The van der Waals surface area contributed by atoms with Gasteiger partial charge in [-0.3, -0.25) is 0 Å². The van der Waals surface area contributed by atoms with E-state index in [2.05, 4.69) is 25.4 Å². The van der Waals surface area contributed by atoms with Gasteiger partial charge < -0.3 is 14.6 Å². The molecule has 0 fully saturated rings. The van der Waals surface area contributed by atoms with Crippen molar-refractivity contribution in [1.29, 1.82) is 0 Å². The van der Waals surface area contributed by atoms with Crippen LogP contribution < -0.4 is 9.47 Å². The molecule has 180 valence electrons. The summed E-state index contributed by atoms with van der Waals surface area (Å²) in [5.41, 5.74) is 0.442. The van der Waals surface area contributed by atoms with E-state index in [9.17, 15) is 26.3 Å². The topological polar surface area (TPSA) is 38.7 Å². The average molecular weight is 613 g/mol. The number of rotatable bonds is 6. The molecule has 0 aromatic heterocycles. The number of alkyl halides is 7. The minimum absolute atomic E-state index is 0.0103. The molecule has 0 aliphatic rings. The molecule has 0 saturated heterocycles. The Labute approximate surface area is 207 Å². The summed E-state index contributed by atoms with van der Waals surface area (Å²) in [5, 5.41) is 9.81.